The van der Waals surface area contributed by atoms with Crippen LogP contribution in [0.25, 0.3) is 5.57 Å². The van der Waals surface area contributed by atoms with Crippen LogP contribution in [0.2, 0.25) is 0 Å². The van der Waals surface area contributed by atoms with E-state index in [-0.39, 0.29) is 32.2 Å². The Bertz CT molecular complexity index is 1360. The Labute approximate surface area is 248 Å². The Kier molecular flexibility index (Phi) is 11.2. The van der Waals surface area contributed by atoms with Crippen molar-refractivity contribution in [2.24, 2.45) is 0 Å². The van der Waals surface area contributed by atoms with Gasteiger partial charge < -0.3 is 24.3 Å². The van der Waals surface area contributed by atoms with Crippen LogP contribution >= 0.6 is 35.3 Å². The first-order chi connectivity index (χ1) is 19.5. The SMILES string of the molecule is CCOC(=O)C(=C1SC(=S)N(CC(=O)OC(C)OC(=O)OC(C)C)C1=O)c1csc(NC(=O)Nc2ccccc2)n1. The van der Waals surface area contributed by atoms with Crippen molar-refractivity contribution in [3.63, 3.8) is 0 Å². The van der Waals surface area contributed by atoms with Crippen molar-refractivity contribution in [1.82, 2.24) is 9.88 Å². The summed E-state index contributed by atoms with van der Waals surface area (Å²) in [5.41, 5.74) is 0.450. The van der Waals surface area contributed by atoms with Gasteiger partial charge in [-0.1, -0.05) is 42.2 Å². The fraction of sp³-hybridized carbons (Fsp3) is 0.320. The first-order valence-electron chi connectivity index (χ1n) is 12.1. The molecule has 13 nitrogen and oxygen atoms in total. The third-order valence-corrected chi connectivity index (χ3v) is 6.95. The number of thiazole rings is 1. The van der Waals surface area contributed by atoms with Crippen LogP contribution in [0.15, 0.2) is 40.6 Å². The first kappa shape index (κ1) is 31.5. The fourth-order valence-corrected chi connectivity index (χ4v) is 5.17. The van der Waals surface area contributed by atoms with Crippen LogP contribution in [0.3, 0.4) is 0 Å². The zero-order chi connectivity index (χ0) is 30.1. The predicted octanol–water partition coefficient (Wildman–Crippen LogP) is 4.37. The topological polar surface area (TPSA) is 162 Å². The second-order valence-electron chi connectivity index (χ2n) is 8.26. The van der Waals surface area contributed by atoms with Crippen LogP contribution in [0.1, 0.15) is 33.4 Å². The van der Waals surface area contributed by atoms with E-state index in [0.717, 1.165) is 28.0 Å². The number of ether oxygens (including phenoxy) is 4. The lowest BCUT2D eigenvalue weighted by Crippen LogP contribution is -2.36. The maximum Gasteiger partial charge on any atom is 0.511 e. The Balaban J connectivity index is 1.75. The van der Waals surface area contributed by atoms with E-state index in [1.54, 1.807) is 51.1 Å². The van der Waals surface area contributed by atoms with Gasteiger partial charge in [0.2, 0.25) is 6.29 Å². The molecule has 0 spiro atoms. The van der Waals surface area contributed by atoms with Crippen LogP contribution in [0.5, 0.6) is 0 Å². The lowest BCUT2D eigenvalue weighted by molar-refractivity contribution is -0.169. The molecule has 0 saturated carbocycles. The third-order valence-electron chi connectivity index (χ3n) is 4.75. The Morgan fingerprint density at radius 2 is 1.76 bits per heavy atom. The molecule has 0 radical (unpaired) electrons. The Morgan fingerprint density at radius 3 is 2.41 bits per heavy atom. The van der Waals surface area contributed by atoms with E-state index in [1.165, 1.54) is 12.3 Å². The van der Waals surface area contributed by atoms with Gasteiger partial charge in [0.15, 0.2) is 5.13 Å². The number of nitrogens with zero attached hydrogens (tertiary/aromatic N) is 2. The summed E-state index contributed by atoms with van der Waals surface area (Å²) in [7, 11) is 0. The second-order valence-corrected chi connectivity index (χ2v) is 10.8. The number of esters is 2. The number of hydrogen-bond donors (Lipinski definition) is 2. The monoisotopic (exact) mass is 622 g/mol. The number of benzene rings is 1. The van der Waals surface area contributed by atoms with Gasteiger partial charge in [0, 0.05) is 18.0 Å². The van der Waals surface area contributed by atoms with Crippen molar-refractivity contribution in [2.45, 2.75) is 40.1 Å². The van der Waals surface area contributed by atoms with E-state index in [4.69, 9.17) is 31.2 Å². The van der Waals surface area contributed by atoms with E-state index in [9.17, 15) is 24.0 Å². The summed E-state index contributed by atoms with van der Waals surface area (Å²) in [6, 6.07) is 8.18. The predicted molar refractivity (Wildman–Crippen MR) is 155 cm³/mol. The van der Waals surface area contributed by atoms with Crippen molar-refractivity contribution < 1.29 is 42.9 Å². The van der Waals surface area contributed by atoms with Gasteiger partial charge in [-0.25, -0.2) is 19.4 Å². The number of rotatable bonds is 10. The average Bonchev–Trinajstić information content (AvgIpc) is 3.44. The molecule has 1 fully saturated rings. The van der Waals surface area contributed by atoms with Gasteiger partial charge in [-0.15, -0.1) is 11.3 Å². The van der Waals surface area contributed by atoms with E-state index in [0.29, 0.717) is 5.69 Å². The molecule has 1 atom stereocenters. The normalized spacial score (nSPS) is 14.8. The minimum atomic E-state index is -1.29. The zero-order valence-corrected chi connectivity index (χ0v) is 24.8. The van der Waals surface area contributed by atoms with Crippen molar-refractivity contribution in [2.75, 3.05) is 23.8 Å². The summed E-state index contributed by atoms with van der Waals surface area (Å²) < 4.78 is 19.8. The molecule has 1 aromatic heterocycles. The number of para-hydroxylation sites is 1. The largest absolute Gasteiger partial charge is 0.511 e. The van der Waals surface area contributed by atoms with Crippen molar-refractivity contribution in [3.05, 3.63) is 46.3 Å². The number of urea groups is 1. The van der Waals surface area contributed by atoms with E-state index < -0.39 is 49.0 Å². The minimum Gasteiger partial charge on any atom is -0.462 e. The molecule has 1 unspecified atom stereocenters. The molecule has 2 N–H and O–H groups in total. The molecule has 2 aromatic rings. The van der Waals surface area contributed by atoms with Crippen LogP contribution in [-0.4, -0.2) is 69.8 Å². The first-order valence-corrected chi connectivity index (χ1v) is 14.2. The highest BCUT2D eigenvalue weighted by Crippen LogP contribution is 2.38. The minimum absolute atomic E-state index is 0.0147. The summed E-state index contributed by atoms with van der Waals surface area (Å²) in [6.45, 7) is 5.55. The van der Waals surface area contributed by atoms with Gasteiger partial charge >= 0.3 is 24.1 Å². The molecule has 1 aliphatic rings. The van der Waals surface area contributed by atoms with E-state index in [2.05, 4.69) is 15.6 Å². The molecule has 0 bridgehead atoms. The maximum absolute atomic E-state index is 13.3. The second kappa shape index (κ2) is 14.6. The molecular formula is C25H26N4O9S3. The summed E-state index contributed by atoms with van der Waals surface area (Å²) >= 11 is 7.08. The zero-order valence-electron chi connectivity index (χ0n) is 22.3. The molecule has 3 rings (SSSR count). The van der Waals surface area contributed by atoms with Gasteiger partial charge in [0.1, 0.15) is 16.4 Å². The van der Waals surface area contributed by atoms with Crippen molar-refractivity contribution >= 4 is 86.1 Å². The number of nitrogens with one attached hydrogen (secondary N) is 2. The van der Waals surface area contributed by atoms with Gasteiger partial charge in [0.05, 0.1) is 23.3 Å². The quantitative estimate of drug-likeness (QED) is 0.127. The van der Waals surface area contributed by atoms with Gasteiger partial charge in [-0.05, 0) is 32.9 Å². The number of carbonyl (C=O) groups excluding carboxylic acids is 5. The Hall–Kier alpha value is -4.02. The molecule has 16 heteroatoms. The molecule has 3 amide bonds. The number of thioether (sulfide) groups is 1. The Morgan fingerprint density at radius 1 is 1.05 bits per heavy atom. The summed E-state index contributed by atoms with van der Waals surface area (Å²) in [5, 5.41) is 6.85. The molecule has 1 saturated heterocycles. The maximum atomic E-state index is 13.3. The smallest absolute Gasteiger partial charge is 0.462 e. The molecule has 1 aliphatic heterocycles. The van der Waals surface area contributed by atoms with Crippen LogP contribution in [-0.2, 0) is 33.3 Å². The highest BCUT2D eigenvalue weighted by atomic mass is 32.2. The van der Waals surface area contributed by atoms with Gasteiger partial charge in [-0.3, -0.25) is 19.8 Å². The number of hydrogen-bond acceptors (Lipinski definition) is 13. The van der Waals surface area contributed by atoms with Crippen LogP contribution < -0.4 is 10.6 Å². The highest BCUT2D eigenvalue weighted by molar-refractivity contribution is 8.26. The van der Waals surface area contributed by atoms with Crippen LogP contribution in [0, 0.1) is 0 Å². The summed E-state index contributed by atoms with van der Waals surface area (Å²) in [5.74, 6) is -2.52. The number of amides is 3. The standard InChI is InChI=1S/C25H26N4O9S3/c1-5-35-21(32)18(16-12-40-23(27-16)28-22(33)26-15-9-7-6-8-10-15)19-20(31)29(24(39)41-19)11-17(30)37-14(4)38-25(34)36-13(2)3/h6-10,12-14H,5,11H2,1-4H3,(H2,26,27,28,33). The van der Waals surface area contributed by atoms with Crippen LogP contribution in [0.4, 0.5) is 20.4 Å². The van der Waals surface area contributed by atoms with E-state index >= 15 is 0 Å². The molecule has 1 aromatic carbocycles. The molecular weight excluding hydrogens is 596 g/mol. The number of anilines is 2. The summed E-state index contributed by atoms with van der Waals surface area (Å²) in [6.07, 6.45) is -2.75. The molecule has 218 valence electrons. The van der Waals surface area contributed by atoms with Crippen molar-refractivity contribution in [3.8, 4) is 0 Å². The molecule has 41 heavy (non-hydrogen) atoms. The lowest BCUT2D eigenvalue weighted by atomic mass is 10.2. The number of aromatic nitrogens is 1. The van der Waals surface area contributed by atoms with Gasteiger partial charge in [-0.2, -0.15) is 0 Å². The summed E-state index contributed by atoms with van der Waals surface area (Å²) in [4.78, 5) is 67.7. The van der Waals surface area contributed by atoms with Crippen molar-refractivity contribution in [1.29, 1.82) is 0 Å². The molecule has 0 aliphatic carbocycles. The number of carbonyl (C=O) groups is 5. The highest BCUT2D eigenvalue weighted by Gasteiger charge is 2.39. The van der Waals surface area contributed by atoms with Gasteiger partial charge in [0.25, 0.3) is 5.91 Å². The van der Waals surface area contributed by atoms with E-state index in [1.807, 2.05) is 0 Å². The molecule has 2 heterocycles. The fourth-order valence-electron chi connectivity index (χ4n) is 3.16. The third kappa shape index (κ3) is 8.99. The lowest BCUT2D eigenvalue weighted by Gasteiger charge is -2.17. The average molecular weight is 623 g/mol. The number of thiocarbonyl (C=S) groups is 1.